The lowest BCUT2D eigenvalue weighted by molar-refractivity contribution is -0.114. The van der Waals surface area contributed by atoms with Gasteiger partial charge in [0.2, 0.25) is 11.6 Å². The van der Waals surface area contributed by atoms with Gasteiger partial charge >= 0.3 is 0 Å². The van der Waals surface area contributed by atoms with E-state index in [9.17, 15) is 19.8 Å². The molecule has 0 saturated carbocycles. The number of rotatable bonds is 4. The van der Waals surface area contributed by atoms with Gasteiger partial charge in [-0.05, 0) is 29.8 Å². The number of phenolic OH excluding ortho intramolecular Hbond substituents is 4. The Bertz CT molecular complexity index is 720. The van der Waals surface area contributed by atoms with E-state index < -0.39 is 17.3 Å². The highest BCUT2D eigenvalue weighted by Crippen LogP contribution is 2.26. The fraction of sp³-hybridized carbons (Fsp3) is 0.0667. The molecule has 2 rings (SSSR count). The minimum atomic E-state index is -0.903. The van der Waals surface area contributed by atoms with E-state index in [1.807, 2.05) is 0 Å². The Kier molecular flexibility index (Phi) is 3.80. The molecule has 4 N–H and O–H groups in total. The summed E-state index contributed by atoms with van der Waals surface area (Å²) >= 11 is 0. The SMILES string of the molecule is O=C(Cc1ccc(O)c(O)c1)C(=O)c1ccc(O)cc1O. The molecule has 0 aliphatic heterocycles. The van der Waals surface area contributed by atoms with Crippen LogP contribution >= 0.6 is 0 Å². The molecule has 21 heavy (non-hydrogen) atoms. The van der Waals surface area contributed by atoms with Crippen molar-refractivity contribution in [3.05, 3.63) is 47.5 Å². The highest BCUT2D eigenvalue weighted by Gasteiger charge is 2.20. The first kappa shape index (κ1) is 14.4. The Balaban J connectivity index is 2.19. The van der Waals surface area contributed by atoms with Crippen molar-refractivity contribution >= 4 is 11.6 Å². The van der Waals surface area contributed by atoms with Crippen molar-refractivity contribution in [3.63, 3.8) is 0 Å². The molecule has 2 aromatic rings. The molecule has 0 heterocycles. The standard InChI is InChI=1S/C15H12O6/c16-9-2-3-10(12(18)7-9)15(21)14(20)6-8-1-4-11(17)13(19)5-8/h1-5,7,16-19H,6H2. The van der Waals surface area contributed by atoms with E-state index in [1.54, 1.807) is 0 Å². The number of carbonyl (C=O) groups excluding carboxylic acids is 2. The van der Waals surface area contributed by atoms with Crippen LogP contribution in [0.4, 0.5) is 0 Å². The zero-order valence-electron chi connectivity index (χ0n) is 10.8. The number of aromatic hydroxyl groups is 4. The average molecular weight is 288 g/mol. The number of ketones is 2. The molecule has 0 fully saturated rings. The van der Waals surface area contributed by atoms with Crippen LogP contribution in [0, 0.1) is 0 Å². The summed E-state index contributed by atoms with van der Waals surface area (Å²) in [5.41, 5.74) is 0.141. The first-order valence-electron chi connectivity index (χ1n) is 5.99. The maximum atomic E-state index is 11.9. The van der Waals surface area contributed by atoms with Crippen molar-refractivity contribution in [1.29, 1.82) is 0 Å². The molecule has 108 valence electrons. The lowest BCUT2D eigenvalue weighted by Crippen LogP contribution is -2.16. The molecule has 0 aliphatic rings. The predicted molar refractivity (Wildman–Crippen MR) is 72.6 cm³/mol. The molecule has 0 aliphatic carbocycles. The largest absolute Gasteiger partial charge is 0.508 e. The van der Waals surface area contributed by atoms with Crippen LogP contribution in [-0.4, -0.2) is 32.0 Å². The summed E-state index contributed by atoms with van der Waals surface area (Å²) in [6.45, 7) is 0. The van der Waals surface area contributed by atoms with Crippen LogP contribution in [0.3, 0.4) is 0 Å². The molecule has 6 heteroatoms. The van der Waals surface area contributed by atoms with Crippen LogP contribution in [0.15, 0.2) is 36.4 Å². The number of Topliss-reactive ketones (excluding diaryl/α,β-unsaturated/α-hetero) is 2. The normalized spacial score (nSPS) is 10.3. The maximum Gasteiger partial charge on any atom is 0.232 e. The summed E-state index contributed by atoms with van der Waals surface area (Å²) in [6, 6.07) is 7.09. The van der Waals surface area contributed by atoms with Crippen LogP contribution in [0.2, 0.25) is 0 Å². The summed E-state index contributed by atoms with van der Waals surface area (Å²) in [4.78, 5) is 23.8. The van der Waals surface area contributed by atoms with Gasteiger partial charge in [0, 0.05) is 12.5 Å². The molecule has 0 radical (unpaired) electrons. The molecule has 6 nitrogen and oxygen atoms in total. The van der Waals surface area contributed by atoms with Crippen molar-refractivity contribution in [2.45, 2.75) is 6.42 Å². The minimum Gasteiger partial charge on any atom is -0.508 e. The molecular weight excluding hydrogens is 276 g/mol. The topological polar surface area (TPSA) is 115 Å². The van der Waals surface area contributed by atoms with Crippen molar-refractivity contribution in [2.75, 3.05) is 0 Å². The first-order chi connectivity index (χ1) is 9.88. The third-order valence-corrected chi connectivity index (χ3v) is 2.88. The van der Waals surface area contributed by atoms with E-state index in [-0.39, 0.29) is 29.2 Å². The van der Waals surface area contributed by atoms with Gasteiger partial charge in [0.15, 0.2) is 11.5 Å². The van der Waals surface area contributed by atoms with E-state index in [4.69, 9.17) is 10.2 Å². The quantitative estimate of drug-likeness (QED) is 0.385. The second kappa shape index (κ2) is 5.54. The lowest BCUT2D eigenvalue weighted by atomic mass is 10.0. The van der Waals surface area contributed by atoms with Crippen LogP contribution in [0.1, 0.15) is 15.9 Å². The van der Waals surface area contributed by atoms with Gasteiger partial charge < -0.3 is 20.4 Å². The van der Waals surface area contributed by atoms with Crippen LogP contribution in [0.5, 0.6) is 23.0 Å². The van der Waals surface area contributed by atoms with Crippen molar-refractivity contribution < 1.29 is 30.0 Å². The van der Waals surface area contributed by atoms with Gasteiger partial charge in [-0.25, -0.2) is 0 Å². The summed E-state index contributed by atoms with van der Waals surface area (Å²) in [7, 11) is 0. The lowest BCUT2D eigenvalue weighted by Gasteiger charge is -2.05. The van der Waals surface area contributed by atoms with Gasteiger partial charge in [0.05, 0.1) is 5.56 Å². The smallest absolute Gasteiger partial charge is 0.232 e. The van der Waals surface area contributed by atoms with E-state index in [2.05, 4.69) is 0 Å². The number of carbonyl (C=O) groups is 2. The third-order valence-electron chi connectivity index (χ3n) is 2.88. The Morgan fingerprint density at radius 3 is 2.14 bits per heavy atom. The third kappa shape index (κ3) is 3.11. The van der Waals surface area contributed by atoms with E-state index in [0.717, 1.165) is 12.1 Å². The molecule has 0 bridgehead atoms. The first-order valence-corrected chi connectivity index (χ1v) is 5.99. The van der Waals surface area contributed by atoms with Gasteiger partial charge in [-0.15, -0.1) is 0 Å². The second-order valence-electron chi connectivity index (χ2n) is 4.45. The Morgan fingerprint density at radius 2 is 1.52 bits per heavy atom. The van der Waals surface area contributed by atoms with Crippen LogP contribution in [-0.2, 0) is 11.2 Å². The Labute approximate surface area is 119 Å². The maximum absolute atomic E-state index is 11.9. The zero-order valence-corrected chi connectivity index (χ0v) is 10.8. The van der Waals surface area contributed by atoms with E-state index >= 15 is 0 Å². The molecule has 0 spiro atoms. The van der Waals surface area contributed by atoms with Crippen LogP contribution in [0.25, 0.3) is 0 Å². The van der Waals surface area contributed by atoms with Gasteiger partial charge in [-0.3, -0.25) is 9.59 Å². The Morgan fingerprint density at radius 1 is 0.810 bits per heavy atom. The number of hydrogen-bond acceptors (Lipinski definition) is 6. The van der Waals surface area contributed by atoms with Crippen molar-refractivity contribution in [1.82, 2.24) is 0 Å². The predicted octanol–water partition coefficient (Wildman–Crippen LogP) is 1.50. The molecule has 0 aromatic heterocycles. The highest BCUT2D eigenvalue weighted by molar-refractivity contribution is 6.44. The second-order valence-corrected chi connectivity index (χ2v) is 4.45. The highest BCUT2D eigenvalue weighted by atomic mass is 16.3. The zero-order chi connectivity index (χ0) is 15.6. The number of hydrogen-bond donors (Lipinski definition) is 4. The fourth-order valence-electron chi connectivity index (χ4n) is 1.81. The van der Waals surface area contributed by atoms with Crippen molar-refractivity contribution in [2.24, 2.45) is 0 Å². The number of benzene rings is 2. The average Bonchev–Trinajstić information content (AvgIpc) is 2.42. The van der Waals surface area contributed by atoms with Gasteiger partial charge in [0.1, 0.15) is 11.5 Å². The fourth-order valence-corrected chi connectivity index (χ4v) is 1.81. The molecule has 0 atom stereocenters. The van der Waals surface area contributed by atoms with Gasteiger partial charge in [-0.2, -0.15) is 0 Å². The summed E-state index contributed by atoms with van der Waals surface area (Å²) in [6.07, 6.45) is -0.285. The minimum absolute atomic E-state index is 0.208. The van der Waals surface area contributed by atoms with Crippen LogP contribution < -0.4 is 0 Å². The van der Waals surface area contributed by atoms with Gasteiger partial charge in [0.25, 0.3) is 0 Å². The van der Waals surface area contributed by atoms with Gasteiger partial charge in [-0.1, -0.05) is 6.07 Å². The summed E-state index contributed by atoms with van der Waals surface area (Å²) in [5, 5.41) is 37.2. The van der Waals surface area contributed by atoms with E-state index in [1.165, 1.54) is 24.3 Å². The Hall–Kier alpha value is -3.02. The molecule has 0 saturated heterocycles. The molecule has 0 amide bonds. The molecule has 0 unspecified atom stereocenters. The number of phenols is 4. The van der Waals surface area contributed by atoms with Crippen molar-refractivity contribution in [3.8, 4) is 23.0 Å². The van der Waals surface area contributed by atoms with E-state index in [0.29, 0.717) is 5.56 Å². The summed E-state index contributed by atoms with van der Waals surface area (Å²) < 4.78 is 0. The summed E-state index contributed by atoms with van der Waals surface area (Å²) in [5.74, 6) is -3.11. The monoisotopic (exact) mass is 288 g/mol. The molecule has 2 aromatic carbocycles. The molecular formula is C15H12O6.